The number of nitrogens with one attached hydrogen (secondary N) is 1. The lowest BCUT2D eigenvalue weighted by Crippen LogP contribution is -2.44. The number of carbonyl (C=O) groups is 2. The van der Waals surface area contributed by atoms with Crippen molar-refractivity contribution in [2.75, 3.05) is 13.7 Å². The number of imidazole rings is 1. The van der Waals surface area contributed by atoms with Crippen LogP contribution in [0, 0.1) is 6.92 Å². The van der Waals surface area contributed by atoms with Gasteiger partial charge in [0.25, 0.3) is 0 Å². The molecule has 1 atom stereocenters. The highest BCUT2D eigenvalue weighted by Crippen LogP contribution is 2.16. The molecule has 0 aliphatic rings. The van der Waals surface area contributed by atoms with E-state index in [-0.39, 0.29) is 12.3 Å². The van der Waals surface area contributed by atoms with E-state index in [1.165, 1.54) is 18.4 Å². The first kappa shape index (κ1) is 14.5. The molecular weight excluding hydrogens is 282 g/mol. The Kier molecular flexibility index (Phi) is 4.35. The zero-order valence-corrected chi connectivity index (χ0v) is 11.9. The first-order chi connectivity index (χ1) is 9.55. The largest absolute Gasteiger partial charge is 0.467 e. The molecule has 8 heteroatoms. The van der Waals surface area contributed by atoms with Crippen LogP contribution >= 0.6 is 11.3 Å². The number of ether oxygens (including phenoxy) is 1. The van der Waals surface area contributed by atoms with Gasteiger partial charge < -0.3 is 15.2 Å². The molecule has 2 aromatic rings. The highest BCUT2D eigenvalue weighted by atomic mass is 32.1. The van der Waals surface area contributed by atoms with Crippen molar-refractivity contribution in [3.05, 3.63) is 23.0 Å². The van der Waals surface area contributed by atoms with E-state index in [0.29, 0.717) is 0 Å². The standard InChI is InChI=1S/C12H15N3O4S/c1-7-4-15-8(6-20-12(15)13-7)3-10(17)14-9(5-16)11(18)19-2/h4,6,9,16H,3,5H2,1-2H3,(H,14,17)/t9-/m1/s1. The van der Waals surface area contributed by atoms with Crippen LogP contribution in [0.1, 0.15) is 11.4 Å². The summed E-state index contributed by atoms with van der Waals surface area (Å²) in [5.41, 5.74) is 1.66. The summed E-state index contributed by atoms with van der Waals surface area (Å²) in [5.74, 6) is -1.03. The third-order valence-corrected chi connectivity index (χ3v) is 3.64. The van der Waals surface area contributed by atoms with Gasteiger partial charge in [-0.2, -0.15) is 0 Å². The van der Waals surface area contributed by atoms with Crippen molar-refractivity contribution in [3.63, 3.8) is 0 Å². The summed E-state index contributed by atoms with van der Waals surface area (Å²) in [6, 6.07) is -1.04. The lowest BCUT2D eigenvalue weighted by atomic mass is 10.2. The molecule has 20 heavy (non-hydrogen) atoms. The number of hydrogen-bond acceptors (Lipinski definition) is 6. The lowest BCUT2D eigenvalue weighted by molar-refractivity contribution is -0.146. The van der Waals surface area contributed by atoms with Gasteiger partial charge in [0.2, 0.25) is 5.91 Å². The maximum atomic E-state index is 11.9. The average Bonchev–Trinajstić information content (AvgIpc) is 2.95. The van der Waals surface area contributed by atoms with Crippen LogP contribution in [0.5, 0.6) is 0 Å². The minimum Gasteiger partial charge on any atom is -0.467 e. The highest BCUT2D eigenvalue weighted by Gasteiger charge is 2.21. The molecule has 0 aliphatic carbocycles. The van der Waals surface area contributed by atoms with Gasteiger partial charge in [-0.3, -0.25) is 9.20 Å². The molecule has 2 N–H and O–H groups in total. The number of thiazole rings is 1. The van der Waals surface area contributed by atoms with Gasteiger partial charge in [0.05, 0.1) is 25.8 Å². The molecule has 0 saturated carbocycles. The molecule has 0 spiro atoms. The van der Waals surface area contributed by atoms with E-state index < -0.39 is 18.6 Å². The molecule has 0 unspecified atom stereocenters. The Labute approximate surface area is 119 Å². The monoisotopic (exact) mass is 297 g/mol. The van der Waals surface area contributed by atoms with Gasteiger partial charge in [-0.05, 0) is 6.92 Å². The number of methoxy groups -OCH3 is 1. The molecule has 0 fully saturated rings. The maximum Gasteiger partial charge on any atom is 0.330 e. The van der Waals surface area contributed by atoms with Crippen molar-refractivity contribution in [1.82, 2.24) is 14.7 Å². The van der Waals surface area contributed by atoms with E-state index in [4.69, 9.17) is 5.11 Å². The van der Waals surface area contributed by atoms with Crippen LogP contribution in [-0.4, -0.2) is 46.1 Å². The number of hydrogen-bond donors (Lipinski definition) is 2. The van der Waals surface area contributed by atoms with Crippen molar-refractivity contribution in [3.8, 4) is 0 Å². The lowest BCUT2D eigenvalue weighted by Gasteiger charge is -2.13. The van der Waals surface area contributed by atoms with E-state index in [0.717, 1.165) is 16.3 Å². The van der Waals surface area contributed by atoms with E-state index in [2.05, 4.69) is 15.0 Å². The molecule has 0 radical (unpaired) electrons. The summed E-state index contributed by atoms with van der Waals surface area (Å²) >= 11 is 1.44. The maximum absolute atomic E-state index is 11.9. The molecule has 1 amide bonds. The third-order valence-electron chi connectivity index (χ3n) is 2.75. The quantitative estimate of drug-likeness (QED) is 0.752. The molecule has 7 nitrogen and oxygen atoms in total. The van der Waals surface area contributed by atoms with Crippen molar-refractivity contribution < 1.29 is 19.4 Å². The predicted octanol–water partition coefficient (Wildman–Crippen LogP) is -0.103. The van der Waals surface area contributed by atoms with Gasteiger partial charge in [0, 0.05) is 17.3 Å². The molecule has 2 rings (SSSR count). The van der Waals surface area contributed by atoms with Gasteiger partial charge in [0.1, 0.15) is 0 Å². The first-order valence-electron chi connectivity index (χ1n) is 5.95. The normalized spacial score (nSPS) is 12.3. The fourth-order valence-corrected chi connectivity index (χ4v) is 2.72. The van der Waals surface area contributed by atoms with Crippen LogP contribution in [0.4, 0.5) is 0 Å². The number of amides is 1. The Bertz CT molecular complexity index is 634. The van der Waals surface area contributed by atoms with Crippen molar-refractivity contribution >= 4 is 28.2 Å². The summed E-state index contributed by atoms with van der Waals surface area (Å²) in [4.78, 5) is 28.3. The fourth-order valence-electron chi connectivity index (χ4n) is 1.80. The van der Waals surface area contributed by atoms with E-state index in [1.807, 2.05) is 22.9 Å². The molecule has 0 bridgehead atoms. The number of aromatic nitrogens is 2. The average molecular weight is 297 g/mol. The second-order valence-corrected chi connectivity index (χ2v) is 5.10. The second-order valence-electron chi connectivity index (χ2n) is 4.26. The van der Waals surface area contributed by atoms with Crippen LogP contribution in [0.25, 0.3) is 4.96 Å². The smallest absolute Gasteiger partial charge is 0.330 e. The second kappa shape index (κ2) is 6.02. The SMILES string of the molecule is COC(=O)[C@@H](CO)NC(=O)Cc1csc2nc(C)cn12. The van der Waals surface area contributed by atoms with Crippen LogP contribution in [0.15, 0.2) is 11.6 Å². The number of nitrogens with zero attached hydrogens (tertiary/aromatic N) is 2. The van der Waals surface area contributed by atoms with Crippen molar-refractivity contribution in [2.45, 2.75) is 19.4 Å². The molecule has 2 aromatic heterocycles. The first-order valence-corrected chi connectivity index (χ1v) is 6.83. The van der Waals surface area contributed by atoms with E-state index in [9.17, 15) is 9.59 Å². The number of fused-ring (bicyclic) bond motifs is 1. The molecule has 0 aromatic carbocycles. The predicted molar refractivity (Wildman–Crippen MR) is 72.5 cm³/mol. The van der Waals surface area contributed by atoms with Crippen molar-refractivity contribution in [2.24, 2.45) is 0 Å². The third kappa shape index (κ3) is 2.97. The number of carbonyl (C=O) groups excluding carboxylic acids is 2. The molecule has 2 heterocycles. The Morgan fingerprint density at radius 1 is 1.60 bits per heavy atom. The number of aliphatic hydroxyl groups excluding tert-OH is 1. The fraction of sp³-hybridized carbons (Fsp3) is 0.417. The van der Waals surface area contributed by atoms with Crippen molar-refractivity contribution in [1.29, 1.82) is 0 Å². The Balaban J connectivity index is 2.05. The summed E-state index contributed by atoms with van der Waals surface area (Å²) in [6.07, 6.45) is 1.95. The zero-order chi connectivity index (χ0) is 14.7. The zero-order valence-electron chi connectivity index (χ0n) is 11.1. The van der Waals surface area contributed by atoms with Gasteiger partial charge in [-0.1, -0.05) is 0 Å². The van der Waals surface area contributed by atoms with Crippen LogP contribution in [0.3, 0.4) is 0 Å². The van der Waals surface area contributed by atoms with Gasteiger partial charge in [0.15, 0.2) is 11.0 Å². The van der Waals surface area contributed by atoms with Crippen LogP contribution in [0.2, 0.25) is 0 Å². The molecule has 0 saturated heterocycles. The topological polar surface area (TPSA) is 92.9 Å². The van der Waals surface area contributed by atoms with Gasteiger partial charge >= 0.3 is 5.97 Å². The Morgan fingerprint density at radius 3 is 3.00 bits per heavy atom. The number of rotatable bonds is 5. The number of aliphatic hydroxyl groups is 1. The van der Waals surface area contributed by atoms with Crippen LogP contribution in [-0.2, 0) is 20.7 Å². The molecule has 108 valence electrons. The molecular formula is C12H15N3O4S. The van der Waals surface area contributed by atoms with Gasteiger partial charge in [-0.25, -0.2) is 9.78 Å². The number of aryl methyl sites for hydroxylation is 1. The van der Waals surface area contributed by atoms with E-state index >= 15 is 0 Å². The highest BCUT2D eigenvalue weighted by molar-refractivity contribution is 7.15. The summed E-state index contributed by atoms with van der Waals surface area (Å²) in [6.45, 7) is 1.38. The minimum atomic E-state index is -1.04. The molecule has 0 aliphatic heterocycles. The summed E-state index contributed by atoms with van der Waals surface area (Å²) < 4.78 is 6.33. The Hall–Kier alpha value is -1.93. The Morgan fingerprint density at radius 2 is 2.35 bits per heavy atom. The number of esters is 1. The summed E-state index contributed by atoms with van der Waals surface area (Å²) in [7, 11) is 1.20. The van der Waals surface area contributed by atoms with Crippen LogP contribution < -0.4 is 5.32 Å². The van der Waals surface area contributed by atoms with Gasteiger partial charge in [-0.15, -0.1) is 11.3 Å². The van der Waals surface area contributed by atoms with E-state index in [1.54, 1.807) is 0 Å². The minimum absolute atomic E-state index is 0.100. The summed E-state index contributed by atoms with van der Waals surface area (Å²) in [5, 5.41) is 13.3.